The van der Waals surface area contributed by atoms with Crippen LogP contribution in [-0.4, -0.2) is 16.7 Å². The zero-order valence-corrected chi connectivity index (χ0v) is 7.19. The van der Waals surface area contributed by atoms with Crippen LogP contribution in [0.2, 0.25) is 0 Å². The Kier molecular flexibility index (Phi) is 3.14. The summed E-state index contributed by atoms with van der Waals surface area (Å²) < 4.78 is 4.72. The lowest BCUT2D eigenvalue weighted by Gasteiger charge is -2.00. The molecule has 1 aromatic rings. The molecule has 4 heteroatoms. The second-order valence-electron chi connectivity index (χ2n) is 2.35. The molecule has 0 N–H and O–H groups in total. The van der Waals surface area contributed by atoms with Crippen molar-refractivity contribution in [1.82, 2.24) is 4.98 Å². The Morgan fingerprint density at radius 2 is 2.31 bits per heavy atom. The highest BCUT2D eigenvalue weighted by molar-refractivity contribution is 6.34. The monoisotopic (exact) mass is 179 g/mol. The maximum absolute atomic E-state index is 10.9. The fourth-order valence-electron chi connectivity index (χ4n) is 0.716. The van der Waals surface area contributed by atoms with Crippen molar-refractivity contribution >= 4 is 11.8 Å². The fraction of sp³-hybridized carbons (Fsp3) is 0.222. The van der Waals surface area contributed by atoms with Crippen LogP contribution >= 0.6 is 0 Å². The van der Waals surface area contributed by atoms with Gasteiger partial charge in [0.25, 0.3) is 0 Å². The number of aromatic nitrogens is 1. The predicted molar refractivity (Wildman–Crippen MR) is 45.2 cm³/mol. The quantitative estimate of drug-likeness (QED) is 0.512. The van der Waals surface area contributed by atoms with Crippen molar-refractivity contribution in [3.05, 3.63) is 24.5 Å². The minimum Gasteiger partial charge on any atom is -0.419 e. The number of carbonyl (C=O) groups is 2. The Hall–Kier alpha value is -1.71. The zero-order valence-electron chi connectivity index (χ0n) is 7.19. The molecular formula is C9H9NO3. The van der Waals surface area contributed by atoms with Crippen molar-refractivity contribution in [3.8, 4) is 5.75 Å². The van der Waals surface area contributed by atoms with Gasteiger partial charge in [0, 0.05) is 12.6 Å². The van der Waals surface area contributed by atoms with E-state index in [1.165, 1.54) is 6.20 Å². The van der Waals surface area contributed by atoms with Crippen LogP contribution in [0.15, 0.2) is 24.5 Å². The van der Waals surface area contributed by atoms with Gasteiger partial charge < -0.3 is 4.74 Å². The van der Waals surface area contributed by atoms with E-state index in [-0.39, 0.29) is 12.2 Å². The van der Waals surface area contributed by atoms with Gasteiger partial charge in [0.1, 0.15) is 5.75 Å². The molecule has 0 amide bonds. The number of rotatable bonds is 3. The van der Waals surface area contributed by atoms with Gasteiger partial charge in [-0.3, -0.25) is 9.78 Å². The third kappa shape index (κ3) is 2.66. The van der Waals surface area contributed by atoms with E-state index in [2.05, 4.69) is 4.98 Å². The molecule has 0 aliphatic carbocycles. The highest BCUT2D eigenvalue weighted by atomic mass is 16.5. The molecule has 4 nitrogen and oxygen atoms in total. The second kappa shape index (κ2) is 4.35. The fourth-order valence-corrected chi connectivity index (χ4v) is 0.716. The first-order valence-corrected chi connectivity index (χ1v) is 3.89. The molecule has 1 heterocycles. The van der Waals surface area contributed by atoms with Gasteiger partial charge in [-0.05, 0) is 12.1 Å². The number of pyridine rings is 1. The Morgan fingerprint density at radius 1 is 1.54 bits per heavy atom. The lowest BCUT2D eigenvalue weighted by atomic mass is 10.3. The number of esters is 1. The lowest BCUT2D eigenvalue weighted by molar-refractivity contribution is -0.146. The van der Waals surface area contributed by atoms with Gasteiger partial charge in [0.05, 0.1) is 6.20 Å². The molecule has 0 fully saturated rings. The van der Waals surface area contributed by atoms with Gasteiger partial charge >= 0.3 is 5.97 Å². The third-order valence-corrected chi connectivity index (χ3v) is 1.39. The summed E-state index contributed by atoms with van der Waals surface area (Å²) in [6.45, 7) is 1.60. The number of carbonyl (C=O) groups excluding carboxylic acids is 2. The van der Waals surface area contributed by atoms with E-state index < -0.39 is 11.8 Å². The van der Waals surface area contributed by atoms with Crippen molar-refractivity contribution < 1.29 is 14.3 Å². The zero-order chi connectivity index (χ0) is 9.68. The SMILES string of the molecule is CCC(=O)C(=O)Oc1cccnc1. The summed E-state index contributed by atoms with van der Waals surface area (Å²) in [6, 6.07) is 3.19. The molecule has 1 aromatic heterocycles. The van der Waals surface area contributed by atoms with E-state index in [0.717, 1.165) is 0 Å². The maximum atomic E-state index is 10.9. The van der Waals surface area contributed by atoms with E-state index in [1.807, 2.05) is 0 Å². The predicted octanol–water partition coefficient (Wildman–Crippen LogP) is 0.966. The summed E-state index contributed by atoms with van der Waals surface area (Å²) in [7, 11) is 0. The lowest BCUT2D eigenvalue weighted by Crippen LogP contribution is -2.19. The summed E-state index contributed by atoms with van der Waals surface area (Å²) in [4.78, 5) is 25.5. The van der Waals surface area contributed by atoms with Crippen molar-refractivity contribution in [2.45, 2.75) is 13.3 Å². The molecule has 0 spiro atoms. The van der Waals surface area contributed by atoms with Crippen LogP contribution in [0.3, 0.4) is 0 Å². The number of hydrogen-bond acceptors (Lipinski definition) is 4. The summed E-state index contributed by atoms with van der Waals surface area (Å²) in [6.07, 6.45) is 3.08. The molecule has 0 aromatic carbocycles. The molecule has 68 valence electrons. The minimum atomic E-state index is -0.837. The van der Waals surface area contributed by atoms with E-state index in [9.17, 15) is 9.59 Å². The van der Waals surface area contributed by atoms with Crippen molar-refractivity contribution in [3.63, 3.8) is 0 Å². The van der Waals surface area contributed by atoms with Crippen molar-refractivity contribution in [2.24, 2.45) is 0 Å². The smallest absolute Gasteiger partial charge is 0.380 e. The molecule has 0 aliphatic heterocycles. The number of Topliss-reactive ketones (excluding diaryl/α,β-unsaturated/α-hetero) is 1. The highest BCUT2D eigenvalue weighted by Gasteiger charge is 2.13. The second-order valence-corrected chi connectivity index (χ2v) is 2.35. The molecule has 0 bridgehead atoms. The van der Waals surface area contributed by atoms with Gasteiger partial charge in [-0.15, -0.1) is 0 Å². The molecule has 0 aliphatic rings. The molecule has 13 heavy (non-hydrogen) atoms. The summed E-state index contributed by atoms with van der Waals surface area (Å²) in [5.74, 6) is -1.09. The van der Waals surface area contributed by atoms with Crippen LogP contribution in [-0.2, 0) is 9.59 Å². The molecule has 0 saturated carbocycles. The average Bonchev–Trinajstić information content (AvgIpc) is 2.18. The number of nitrogens with zero attached hydrogens (tertiary/aromatic N) is 1. The van der Waals surface area contributed by atoms with E-state index >= 15 is 0 Å². The molecule has 0 unspecified atom stereocenters. The maximum Gasteiger partial charge on any atom is 0.380 e. The molecule has 1 rings (SSSR count). The van der Waals surface area contributed by atoms with Crippen LogP contribution in [0.4, 0.5) is 0 Å². The molecule has 0 atom stereocenters. The molecule has 0 saturated heterocycles. The van der Waals surface area contributed by atoms with Gasteiger partial charge in [0.2, 0.25) is 5.78 Å². The summed E-state index contributed by atoms with van der Waals surface area (Å²) in [5, 5.41) is 0. The average molecular weight is 179 g/mol. The van der Waals surface area contributed by atoms with E-state index in [4.69, 9.17) is 4.74 Å². The third-order valence-electron chi connectivity index (χ3n) is 1.39. The topological polar surface area (TPSA) is 56.3 Å². The standard InChI is InChI=1S/C9H9NO3/c1-2-8(11)9(12)13-7-4-3-5-10-6-7/h3-6H,2H2,1H3. The van der Waals surface area contributed by atoms with Crippen LogP contribution in [0.1, 0.15) is 13.3 Å². The Bertz CT molecular complexity index is 308. The molecular weight excluding hydrogens is 170 g/mol. The number of hydrogen-bond donors (Lipinski definition) is 0. The number of ether oxygens (including phenoxy) is 1. The van der Waals surface area contributed by atoms with Crippen LogP contribution in [0, 0.1) is 0 Å². The van der Waals surface area contributed by atoms with Crippen LogP contribution in [0.5, 0.6) is 5.75 Å². The van der Waals surface area contributed by atoms with Gasteiger partial charge in [0.15, 0.2) is 0 Å². The first kappa shape index (κ1) is 9.38. The summed E-state index contributed by atoms with van der Waals surface area (Å²) >= 11 is 0. The van der Waals surface area contributed by atoms with E-state index in [1.54, 1.807) is 25.3 Å². The first-order chi connectivity index (χ1) is 6.24. The number of ketones is 1. The minimum absolute atomic E-state index is 0.152. The highest BCUT2D eigenvalue weighted by Crippen LogP contribution is 2.06. The first-order valence-electron chi connectivity index (χ1n) is 3.89. The van der Waals surface area contributed by atoms with Crippen LogP contribution in [0.25, 0.3) is 0 Å². The van der Waals surface area contributed by atoms with Gasteiger partial charge in [-0.2, -0.15) is 0 Å². The largest absolute Gasteiger partial charge is 0.419 e. The Balaban J connectivity index is 2.60. The van der Waals surface area contributed by atoms with Crippen molar-refractivity contribution in [1.29, 1.82) is 0 Å². The Labute approximate surface area is 75.5 Å². The summed E-state index contributed by atoms with van der Waals surface area (Å²) in [5.41, 5.74) is 0. The molecule has 0 radical (unpaired) electrons. The van der Waals surface area contributed by atoms with Gasteiger partial charge in [-0.1, -0.05) is 6.92 Å². The van der Waals surface area contributed by atoms with Crippen LogP contribution < -0.4 is 4.74 Å². The normalized spacial score (nSPS) is 9.31. The Morgan fingerprint density at radius 3 is 2.85 bits per heavy atom. The van der Waals surface area contributed by atoms with Crippen molar-refractivity contribution in [2.75, 3.05) is 0 Å². The van der Waals surface area contributed by atoms with Gasteiger partial charge in [-0.25, -0.2) is 4.79 Å². The van der Waals surface area contributed by atoms with E-state index in [0.29, 0.717) is 0 Å².